The summed E-state index contributed by atoms with van der Waals surface area (Å²) in [7, 11) is 3.06. The zero-order valence-corrected chi connectivity index (χ0v) is 50.3. The smallest absolute Gasteiger partial charge is 0.409 e. The van der Waals surface area contributed by atoms with Gasteiger partial charge in [-0.3, -0.25) is 24.0 Å². The molecule has 0 fully saturated rings. The topological polar surface area (TPSA) is 323 Å². The largest absolute Gasteiger partial charge is 0.443 e. The first-order chi connectivity index (χ1) is 39.9. The Bertz CT molecular complexity index is 3700. The average Bonchev–Trinajstić information content (AvgIpc) is 4.55. The number of thiazole rings is 6. The summed E-state index contributed by atoms with van der Waals surface area (Å²) in [4.78, 5) is 129. The van der Waals surface area contributed by atoms with E-state index in [1.165, 1.54) is 64.2 Å². The van der Waals surface area contributed by atoms with Gasteiger partial charge in [0, 0.05) is 59.0 Å². The number of ether oxygens (including phenoxy) is 1. The van der Waals surface area contributed by atoms with Crippen molar-refractivity contribution in [2.45, 2.75) is 84.4 Å². The third kappa shape index (κ3) is 14.2. The lowest BCUT2D eigenvalue weighted by Crippen LogP contribution is -2.40. The van der Waals surface area contributed by atoms with Crippen molar-refractivity contribution in [1.29, 1.82) is 0 Å². The van der Waals surface area contributed by atoms with Crippen LogP contribution in [0.5, 0.6) is 0 Å². The highest BCUT2D eigenvalue weighted by molar-refractivity contribution is 7.15. The van der Waals surface area contributed by atoms with Gasteiger partial charge in [-0.1, -0.05) is 44.2 Å². The first-order valence-corrected chi connectivity index (χ1v) is 30.9. The van der Waals surface area contributed by atoms with Gasteiger partial charge in [-0.15, -0.1) is 68.0 Å². The average molecular weight is 1240 g/mol. The van der Waals surface area contributed by atoms with Crippen molar-refractivity contribution in [3.05, 3.63) is 117 Å². The molecule has 83 heavy (non-hydrogen) atoms. The zero-order valence-electron chi connectivity index (χ0n) is 45.4. The summed E-state index contributed by atoms with van der Waals surface area (Å²) < 4.78 is 5.52. The van der Waals surface area contributed by atoms with E-state index in [0.717, 1.165) is 22.7 Å². The number of pyridine rings is 1. The van der Waals surface area contributed by atoms with Crippen molar-refractivity contribution in [1.82, 2.24) is 66.4 Å². The minimum Gasteiger partial charge on any atom is -0.443 e. The van der Waals surface area contributed by atoms with Crippen LogP contribution in [0.25, 0.3) is 43.4 Å². The number of aliphatic hydroxyl groups is 2. The van der Waals surface area contributed by atoms with Crippen LogP contribution >= 0.6 is 68.0 Å². The van der Waals surface area contributed by atoms with E-state index in [1.54, 1.807) is 78.0 Å². The Kier molecular flexibility index (Phi) is 19.3. The van der Waals surface area contributed by atoms with Crippen molar-refractivity contribution >= 4 is 109 Å². The summed E-state index contributed by atoms with van der Waals surface area (Å²) in [6, 6.07) is 9.38. The number of carbonyl (C=O) groups is 7. The molecule has 8 heterocycles. The second-order valence-electron chi connectivity index (χ2n) is 19.3. The van der Waals surface area contributed by atoms with Gasteiger partial charge in [0.05, 0.1) is 47.9 Å². The van der Waals surface area contributed by atoms with Crippen molar-refractivity contribution in [3.8, 4) is 43.4 Å². The Labute approximate surface area is 499 Å². The number of aromatic nitrogens is 7. The predicted octanol–water partition coefficient (Wildman–Crippen LogP) is 7.60. The molecule has 1 aliphatic rings. The molecule has 4 atom stereocenters. The van der Waals surface area contributed by atoms with E-state index < -0.39 is 73.0 Å². The highest BCUT2D eigenvalue weighted by Gasteiger charge is 2.33. The lowest BCUT2D eigenvalue weighted by Gasteiger charge is -2.23. The van der Waals surface area contributed by atoms with Crippen LogP contribution in [0.2, 0.25) is 0 Å². The Morgan fingerprint density at radius 3 is 2.19 bits per heavy atom. The Balaban J connectivity index is 1.09. The summed E-state index contributed by atoms with van der Waals surface area (Å²) in [5.74, 6) is -3.31. The molecule has 10 bridgehead atoms. The number of nitrogens with zero attached hydrogens (tertiary/aromatic N) is 8. The molecule has 7 N–H and O–H groups in total. The van der Waals surface area contributed by atoms with Crippen LogP contribution in [0.1, 0.15) is 132 Å². The molecule has 432 valence electrons. The molecule has 1 aliphatic heterocycles. The van der Waals surface area contributed by atoms with Gasteiger partial charge >= 0.3 is 6.09 Å². The second kappa shape index (κ2) is 26.7. The molecule has 4 unspecified atom stereocenters. The molecule has 7 aromatic heterocycles. The molecule has 6 amide bonds. The standard InChI is InChI=1S/C54H55N13O10S6/c1-25(2)39-53-66-42(36(19-68)83-53)46(74)56-18-38(71)63-43(44(72)28-12-8-7-9-13-28)52-62-35(24-81-52)50-60-33(22-80-50)41-30(14-15-31(58-41)49-57-29(21-78-49)20-77-54(76)67(6)16-10-11-26(3)69)48-61-34(23-79-48)45(73)59-32(17-37(70)55-5)51-65-40(27(4)82-51)47(75)64-39/h7-9,12-15,21-25,32,39,43-44,68,72H,10-11,16-20H2,1-6H3,(H,55,70)(H,56,74)(H,59,73)(H,63,71)(H,64,75). The number of amides is 6. The Morgan fingerprint density at radius 1 is 0.735 bits per heavy atom. The van der Waals surface area contributed by atoms with Gasteiger partial charge in [0.25, 0.3) is 17.7 Å². The third-order valence-electron chi connectivity index (χ3n) is 12.8. The first kappa shape index (κ1) is 60.0. The molecule has 1 aromatic carbocycles. The summed E-state index contributed by atoms with van der Waals surface area (Å²) in [5.41, 5.74) is 3.04. The fourth-order valence-corrected chi connectivity index (χ4v) is 13.9. The fourth-order valence-electron chi connectivity index (χ4n) is 8.46. The van der Waals surface area contributed by atoms with Crippen LogP contribution in [0.4, 0.5) is 4.79 Å². The van der Waals surface area contributed by atoms with E-state index in [0.29, 0.717) is 88.9 Å². The van der Waals surface area contributed by atoms with Crippen LogP contribution in [-0.2, 0) is 32.3 Å². The summed E-state index contributed by atoms with van der Waals surface area (Å²) in [6.07, 6.45) is -1.22. The van der Waals surface area contributed by atoms with Crippen molar-refractivity contribution in [2.75, 3.05) is 27.2 Å². The van der Waals surface area contributed by atoms with E-state index in [4.69, 9.17) is 29.7 Å². The molecule has 0 radical (unpaired) electrons. The van der Waals surface area contributed by atoms with E-state index in [9.17, 15) is 43.8 Å². The van der Waals surface area contributed by atoms with Gasteiger partial charge in [-0.05, 0) is 43.9 Å². The first-order valence-electron chi connectivity index (χ1n) is 25.8. The normalized spacial score (nSPS) is 16.3. The third-order valence-corrected chi connectivity index (χ3v) is 18.6. The van der Waals surface area contributed by atoms with Crippen LogP contribution in [0.15, 0.2) is 64.0 Å². The number of nitrogens with one attached hydrogen (secondary N) is 5. The summed E-state index contributed by atoms with van der Waals surface area (Å²) in [5, 5.41) is 45.3. The Hall–Kier alpha value is -7.64. The number of hydrogen-bond donors (Lipinski definition) is 7. The van der Waals surface area contributed by atoms with Gasteiger partial charge in [-0.2, -0.15) is 0 Å². The fraction of sp³-hybridized carbons (Fsp3) is 0.333. The van der Waals surface area contributed by atoms with Gasteiger partial charge in [-0.25, -0.2) is 39.7 Å². The van der Waals surface area contributed by atoms with Gasteiger partial charge < -0.3 is 51.2 Å². The quantitative estimate of drug-likeness (QED) is 0.0584. The number of carbonyl (C=O) groups excluding carboxylic acids is 7. The number of rotatable bonds is 13. The number of ketones is 1. The molecule has 23 nitrogen and oxygen atoms in total. The maximum Gasteiger partial charge on any atom is 0.409 e. The molecule has 29 heteroatoms. The number of hydrogen-bond acceptors (Lipinski definition) is 23. The predicted molar refractivity (Wildman–Crippen MR) is 315 cm³/mol. The van der Waals surface area contributed by atoms with Crippen molar-refractivity contribution in [3.63, 3.8) is 0 Å². The highest BCUT2D eigenvalue weighted by Crippen LogP contribution is 2.40. The second-order valence-corrected chi connectivity index (χ2v) is 25.1. The van der Waals surface area contributed by atoms with E-state index in [1.807, 2.05) is 13.8 Å². The molecule has 0 aliphatic carbocycles. The number of aliphatic hydroxyl groups excluding tert-OH is 2. The lowest BCUT2D eigenvalue weighted by molar-refractivity contribution is -0.122. The maximum atomic E-state index is 14.3. The number of fused-ring (bicyclic) bond motifs is 14. The molecule has 8 aromatic rings. The van der Waals surface area contributed by atoms with Gasteiger partial charge in [0.1, 0.15) is 88.7 Å². The number of benzene rings is 1. The van der Waals surface area contributed by atoms with Crippen LogP contribution < -0.4 is 26.6 Å². The molecule has 9 rings (SSSR count). The van der Waals surface area contributed by atoms with E-state index >= 15 is 0 Å². The SMILES string of the molecule is CNC(=O)CC1NC(=O)c2csc(n2)-c2ccc(-c3nc(COC(=O)N(C)CCCC(C)=O)cs3)nc2-c2csc(n2)-c2csc(n2)C(C(O)c2ccccc2)NC(=O)CNC(=O)c2nc(sc2CO)C(C(C)C)NC(=O)c2nc1sc2C. The van der Waals surface area contributed by atoms with Crippen LogP contribution in [-0.4, -0.2) is 119 Å². The number of aryl methyl sites for hydroxylation is 1. The maximum absolute atomic E-state index is 14.3. The molecule has 0 saturated carbocycles. The van der Waals surface area contributed by atoms with Gasteiger partial charge in [0.2, 0.25) is 11.8 Å². The molecular weight excluding hydrogens is 1180 g/mol. The molecular formula is C54H55N13O10S6. The molecule has 0 spiro atoms. The zero-order chi connectivity index (χ0) is 59.1. The van der Waals surface area contributed by atoms with Crippen molar-refractivity contribution in [2.24, 2.45) is 5.92 Å². The van der Waals surface area contributed by atoms with Crippen LogP contribution in [0, 0.1) is 12.8 Å². The highest BCUT2D eigenvalue weighted by atomic mass is 32.1. The molecule has 0 saturated heterocycles. The van der Waals surface area contributed by atoms with Gasteiger partial charge in [0.15, 0.2) is 0 Å². The minimum atomic E-state index is -1.29. The minimum absolute atomic E-state index is 0.0209. The van der Waals surface area contributed by atoms with E-state index in [2.05, 4.69) is 36.6 Å². The van der Waals surface area contributed by atoms with Crippen molar-refractivity contribution < 1.29 is 48.5 Å². The summed E-state index contributed by atoms with van der Waals surface area (Å²) in [6.45, 7) is 5.99. The lowest BCUT2D eigenvalue weighted by atomic mass is 10.0. The number of Topliss-reactive ketones (excluding diaryl/α,β-unsaturated/α-hetero) is 1. The van der Waals surface area contributed by atoms with Crippen LogP contribution in [0.3, 0.4) is 0 Å². The summed E-state index contributed by atoms with van der Waals surface area (Å²) >= 11 is 7.04. The van der Waals surface area contributed by atoms with E-state index in [-0.39, 0.29) is 51.7 Å². The Morgan fingerprint density at radius 2 is 1.45 bits per heavy atom. The monoisotopic (exact) mass is 1240 g/mol.